The van der Waals surface area contributed by atoms with Gasteiger partial charge in [-0.15, -0.1) is 0 Å². The second kappa shape index (κ2) is 10.1. The fourth-order valence-corrected chi connectivity index (χ4v) is 2.47. The second-order valence-electron chi connectivity index (χ2n) is 5.63. The molecule has 5 nitrogen and oxygen atoms in total. The van der Waals surface area contributed by atoms with Crippen molar-refractivity contribution in [1.29, 1.82) is 0 Å². The third-order valence-corrected chi connectivity index (χ3v) is 3.94. The largest absolute Gasteiger partial charge is 0.338 e. The quantitative estimate of drug-likeness (QED) is 0.645. The lowest BCUT2D eigenvalue weighted by atomic mass is 9.99. The van der Waals surface area contributed by atoms with Gasteiger partial charge in [-0.3, -0.25) is 4.79 Å². The molecule has 0 spiro atoms. The van der Waals surface area contributed by atoms with Crippen molar-refractivity contribution in [2.75, 3.05) is 17.2 Å². The zero-order chi connectivity index (χ0) is 17.2. The highest BCUT2D eigenvalue weighted by molar-refractivity contribution is 6.34. The second-order valence-corrected chi connectivity index (χ2v) is 6.03. The Bertz CT molecular complexity index is 535. The number of amides is 3. The molecular weight excluding hydrogens is 314 g/mol. The Morgan fingerprint density at radius 3 is 2.52 bits per heavy atom. The van der Waals surface area contributed by atoms with Crippen LogP contribution < -0.4 is 16.0 Å². The van der Waals surface area contributed by atoms with Gasteiger partial charge in [-0.2, -0.15) is 0 Å². The van der Waals surface area contributed by atoms with Crippen LogP contribution in [-0.2, 0) is 4.79 Å². The van der Waals surface area contributed by atoms with Crippen molar-refractivity contribution in [3.05, 3.63) is 23.2 Å². The van der Waals surface area contributed by atoms with Crippen molar-refractivity contribution in [2.24, 2.45) is 5.92 Å². The first-order valence-corrected chi connectivity index (χ1v) is 8.46. The maximum Gasteiger partial charge on any atom is 0.319 e. The molecule has 0 aliphatic heterocycles. The van der Waals surface area contributed by atoms with Crippen LogP contribution in [0.3, 0.4) is 0 Å². The molecule has 0 bridgehead atoms. The van der Waals surface area contributed by atoms with Crippen molar-refractivity contribution < 1.29 is 9.59 Å². The molecule has 6 heteroatoms. The third-order valence-electron chi connectivity index (χ3n) is 3.63. The topological polar surface area (TPSA) is 70.2 Å². The maximum atomic E-state index is 11.9. The average molecular weight is 340 g/mol. The maximum absolute atomic E-state index is 11.9. The van der Waals surface area contributed by atoms with Crippen LogP contribution in [0, 0.1) is 5.92 Å². The van der Waals surface area contributed by atoms with Crippen molar-refractivity contribution in [1.82, 2.24) is 5.32 Å². The molecule has 23 heavy (non-hydrogen) atoms. The molecule has 0 radical (unpaired) electrons. The lowest BCUT2D eigenvalue weighted by Crippen LogP contribution is -2.33. The SMILES string of the molecule is CCCC[C@H](CC)CNC(=O)Nc1ccc(NC(C)=O)c(Cl)c1. The van der Waals surface area contributed by atoms with Gasteiger partial charge < -0.3 is 16.0 Å². The zero-order valence-electron chi connectivity index (χ0n) is 14.0. The molecular formula is C17H26ClN3O2. The van der Waals surface area contributed by atoms with E-state index in [-0.39, 0.29) is 11.9 Å². The molecule has 128 valence electrons. The normalized spacial score (nSPS) is 11.7. The van der Waals surface area contributed by atoms with Crippen LogP contribution in [-0.4, -0.2) is 18.5 Å². The van der Waals surface area contributed by atoms with Gasteiger partial charge >= 0.3 is 6.03 Å². The summed E-state index contributed by atoms with van der Waals surface area (Å²) in [6, 6.07) is 4.73. The first kappa shape index (κ1) is 19.3. The average Bonchev–Trinajstić information content (AvgIpc) is 2.50. The number of hydrogen-bond acceptors (Lipinski definition) is 2. The summed E-state index contributed by atoms with van der Waals surface area (Å²) >= 11 is 6.08. The van der Waals surface area contributed by atoms with Gasteiger partial charge in [0.1, 0.15) is 0 Å². The number of hydrogen-bond donors (Lipinski definition) is 3. The molecule has 1 aromatic rings. The van der Waals surface area contributed by atoms with Crippen LogP contribution in [0.15, 0.2) is 18.2 Å². The highest BCUT2D eigenvalue weighted by Crippen LogP contribution is 2.25. The fraction of sp³-hybridized carbons (Fsp3) is 0.529. The van der Waals surface area contributed by atoms with Gasteiger partial charge in [0.05, 0.1) is 10.7 Å². The van der Waals surface area contributed by atoms with E-state index in [0.717, 1.165) is 12.8 Å². The predicted molar refractivity (Wildman–Crippen MR) is 96.1 cm³/mol. The van der Waals surface area contributed by atoms with Gasteiger partial charge in [0.25, 0.3) is 0 Å². The van der Waals surface area contributed by atoms with Crippen molar-refractivity contribution >= 4 is 34.9 Å². The minimum Gasteiger partial charge on any atom is -0.338 e. The number of urea groups is 1. The third kappa shape index (κ3) is 7.37. The summed E-state index contributed by atoms with van der Waals surface area (Å²) in [4.78, 5) is 23.0. The molecule has 3 amide bonds. The summed E-state index contributed by atoms with van der Waals surface area (Å²) in [5.74, 6) is 0.314. The minimum atomic E-state index is -0.247. The number of carbonyl (C=O) groups is 2. The summed E-state index contributed by atoms with van der Waals surface area (Å²) in [5, 5.41) is 8.65. The summed E-state index contributed by atoms with van der Waals surface area (Å²) in [6.07, 6.45) is 4.53. The molecule has 1 rings (SSSR count). The lowest BCUT2D eigenvalue weighted by molar-refractivity contribution is -0.114. The highest BCUT2D eigenvalue weighted by Gasteiger charge is 2.09. The first-order chi connectivity index (χ1) is 11.0. The fourth-order valence-electron chi connectivity index (χ4n) is 2.24. The molecule has 1 atom stereocenters. The Morgan fingerprint density at radius 2 is 1.96 bits per heavy atom. The number of carbonyl (C=O) groups excluding carboxylic acids is 2. The Kier molecular flexibility index (Phi) is 8.48. The van der Waals surface area contributed by atoms with E-state index in [0.29, 0.717) is 28.9 Å². The van der Waals surface area contributed by atoms with E-state index in [1.807, 2.05) is 0 Å². The molecule has 0 heterocycles. The summed E-state index contributed by atoms with van der Waals surface area (Å²) in [7, 11) is 0. The minimum absolute atomic E-state index is 0.192. The summed E-state index contributed by atoms with van der Waals surface area (Å²) < 4.78 is 0. The summed E-state index contributed by atoms with van der Waals surface area (Å²) in [5.41, 5.74) is 1.11. The Labute approximate surface area is 143 Å². The number of halogens is 1. The number of rotatable bonds is 8. The number of benzene rings is 1. The predicted octanol–water partition coefficient (Wildman–Crippen LogP) is 4.64. The first-order valence-electron chi connectivity index (χ1n) is 8.08. The smallest absolute Gasteiger partial charge is 0.319 e. The van der Waals surface area contributed by atoms with Gasteiger partial charge in [0.2, 0.25) is 5.91 Å². The monoisotopic (exact) mass is 339 g/mol. The molecule has 1 aromatic carbocycles. The van der Waals surface area contributed by atoms with E-state index in [2.05, 4.69) is 29.8 Å². The molecule has 0 fully saturated rings. The van der Waals surface area contributed by atoms with Gasteiger partial charge in [-0.05, 0) is 30.5 Å². The van der Waals surface area contributed by atoms with Crippen LogP contribution in [0.25, 0.3) is 0 Å². The Hall–Kier alpha value is -1.75. The van der Waals surface area contributed by atoms with Gasteiger partial charge in [0.15, 0.2) is 0 Å². The molecule has 0 aliphatic rings. The van der Waals surface area contributed by atoms with E-state index < -0.39 is 0 Å². The molecule has 3 N–H and O–H groups in total. The molecule has 0 aromatic heterocycles. The van der Waals surface area contributed by atoms with E-state index in [9.17, 15) is 9.59 Å². The van der Waals surface area contributed by atoms with Crippen molar-refractivity contribution in [3.63, 3.8) is 0 Å². The van der Waals surface area contributed by atoms with Crippen molar-refractivity contribution in [3.8, 4) is 0 Å². The van der Waals surface area contributed by atoms with E-state index >= 15 is 0 Å². The van der Waals surface area contributed by atoms with Gasteiger partial charge in [-0.1, -0.05) is 44.7 Å². The lowest BCUT2D eigenvalue weighted by Gasteiger charge is -2.16. The van der Waals surface area contributed by atoms with Crippen LogP contribution >= 0.6 is 11.6 Å². The van der Waals surface area contributed by atoms with Crippen LogP contribution in [0.2, 0.25) is 5.02 Å². The Morgan fingerprint density at radius 1 is 1.22 bits per heavy atom. The van der Waals surface area contributed by atoms with E-state index in [1.54, 1.807) is 18.2 Å². The highest BCUT2D eigenvalue weighted by atomic mass is 35.5. The van der Waals surface area contributed by atoms with E-state index in [4.69, 9.17) is 11.6 Å². The Balaban J connectivity index is 2.50. The zero-order valence-corrected chi connectivity index (χ0v) is 14.8. The van der Waals surface area contributed by atoms with Gasteiger partial charge in [0, 0.05) is 19.2 Å². The van der Waals surface area contributed by atoms with E-state index in [1.165, 1.54) is 19.8 Å². The summed E-state index contributed by atoms with van der Waals surface area (Å²) in [6.45, 7) is 6.39. The van der Waals surface area contributed by atoms with Crippen LogP contribution in [0.4, 0.5) is 16.2 Å². The molecule has 0 saturated heterocycles. The van der Waals surface area contributed by atoms with Crippen molar-refractivity contribution in [2.45, 2.75) is 46.5 Å². The molecule has 0 saturated carbocycles. The molecule has 0 aliphatic carbocycles. The van der Waals surface area contributed by atoms with Gasteiger partial charge in [-0.25, -0.2) is 4.79 Å². The van der Waals surface area contributed by atoms with Crippen LogP contribution in [0.5, 0.6) is 0 Å². The molecule has 0 unspecified atom stereocenters. The standard InChI is InChI=1S/C17H26ClN3O2/c1-4-6-7-13(5-2)11-19-17(23)21-14-8-9-16(15(18)10-14)20-12(3)22/h8-10,13H,4-7,11H2,1-3H3,(H,20,22)(H2,19,21,23)/t13-/m0/s1. The van der Waals surface area contributed by atoms with Crippen LogP contribution in [0.1, 0.15) is 46.5 Å². The number of unbranched alkanes of at least 4 members (excludes halogenated alkanes) is 1. The number of nitrogens with one attached hydrogen (secondary N) is 3. The number of anilines is 2.